The number of phenolic OH excluding ortho intramolecular Hbond substituents is 1. The minimum absolute atomic E-state index is 0.0259. The summed E-state index contributed by atoms with van der Waals surface area (Å²) in [6, 6.07) is 4.91. The number of aryl methyl sites for hydroxylation is 1. The van der Waals surface area contributed by atoms with Crippen molar-refractivity contribution in [1.82, 2.24) is 4.90 Å². The summed E-state index contributed by atoms with van der Waals surface area (Å²) in [6.07, 6.45) is 0. The van der Waals surface area contributed by atoms with E-state index in [-0.39, 0.29) is 28.8 Å². The summed E-state index contributed by atoms with van der Waals surface area (Å²) in [5.41, 5.74) is 6.62. The zero-order valence-electron chi connectivity index (χ0n) is 9.93. The van der Waals surface area contributed by atoms with E-state index in [1.54, 1.807) is 12.1 Å². The van der Waals surface area contributed by atoms with Gasteiger partial charge in [-0.15, -0.1) is 0 Å². The number of amides is 1. The first kappa shape index (κ1) is 13.4. The molecule has 0 aliphatic rings. The van der Waals surface area contributed by atoms with Gasteiger partial charge in [-0.2, -0.15) is 0 Å². The molecular weight excluding hydrogens is 236 g/mol. The van der Waals surface area contributed by atoms with Crippen LogP contribution < -0.4 is 5.73 Å². The van der Waals surface area contributed by atoms with E-state index in [2.05, 4.69) is 0 Å². The van der Waals surface area contributed by atoms with Gasteiger partial charge < -0.3 is 15.7 Å². The van der Waals surface area contributed by atoms with Crippen LogP contribution in [0.4, 0.5) is 0 Å². The van der Waals surface area contributed by atoms with Gasteiger partial charge in [0, 0.05) is 6.54 Å². The monoisotopic (exact) mass is 252 g/mol. The number of benzene rings is 1. The molecule has 0 radical (unpaired) electrons. The average Bonchev–Trinajstić information content (AvgIpc) is 2.28. The minimum Gasteiger partial charge on any atom is -0.507 e. The first-order valence-corrected chi connectivity index (χ1v) is 5.73. The predicted octanol–water partition coefficient (Wildman–Crippen LogP) is 1.45. The van der Waals surface area contributed by atoms with E-state index in [1.807, 2.05) is 13.8 Å². The number of thiocarbonyl (C=S) groups is 1. The highest BCUT2D eigenvalue weighted by atomic mass is 32.1. The number of carbonyl (C=O) groups is 1. The largest absolute Gasteiger partial charge is 0.507 e. The molecule has 3 N–H and O–H groups in total. The molecule has 0 aliphatic heterocycles. The van der Waals surface area contributed by atoms with Gasteiger partial charge in [-0.1, -0.05) is 23.8 Å². The molecule has 0 bridgehead atoms. The molecule has 0 aromatic heterocycles. The summed E-state index contributed by atoms with van der Waals surface area (Å²) in [4.78, 5) is 13.9. The number of nitrogens with two attached hydrogens (primary N) is 1. The maximum Gasteiger partial charge on any atom is 0.257 e. The highest BCUT2D eigenvalue weighted by Gasteiger charge is 2.18. The van der Waals surface area contributed by atoms with Gasteiger partial charge >= 0.3 is 0 Å². The van der Waals surface area contributed by atoms with Crippen LogP contribution in [0.1, 0.15) is 22.8 Å². The first-order chi connectivity index (χ1) is 7.95. The zero-order valence-corrected chi connectivity index (χ0v) is 10.8. The minimum atomic E-state index is -0.262. The average molecular weight is 252 g/mol. The molecule has 1 aromatic carbocycles. The van der Waals surface area contributed by atoms with Gasteiger partial charge in [-0.25, -0.2) is 0 Å². The zero-order chi connectivity index (χ0) is 13.0. The van der Waals surface area contributed by atoms with Crippen molar-refractivity contribution in [2.75, 3.05) is 13.1 Å². The number of rotatable bonds is 4. The molecule has 0 atom stereocenters. The lowest BCUT2D eigenvalue weighted by Crippen LogP contribution is -2.37. The molecule has 17 heavy (non-hydrogen) atoms. The molecule has 5 heteroatoms. The van der Waals surface area contributed by atoms with Crippen LogP contribution in [-0.4, -0.2) is 34.0 Å². The Balaban J connectivity index is 3.01. The molecule has 0 saturated heterocycles. The Hall–Kier alpha value is -1.62. The summed E-state index contributed by atoms with van der Waals surface area (Å²) >= 11 is 4.79. The van der Waals surface area contributed by atoms with Gasteiger partial charge in [0.2, 0.25) is 0 Å². The number of hydrogen-bond donors (Lipinski definition) is 2. The van der Waals surface area contributed by atoms with Crippen molar-refractivity contribution in [3.63, 3.8) is 0 Å². The number of phenols is 1. The SMILES string of the molecule is CCN(CC(N)=S)C(=O)c1cc(C)ccc1O. The van der Waals surface area contributed by atoms with Gasteiger partial charge in [0.15, 0.2) is 0 Å². The molecule has 0 fully saturated rings. The van der Waals surface area contributed by atoms with Crippen molar-refractivity contribution in [2.45, 2.75) is 13.8 Å². The third-order valence-electron chi connectivity index (χ3n) is 2.40. The van der Waals surface area contributed by atoms with E-state index in [1.165, 1.54) is 11.0 Å². The molecule has 0 unspecified atom stereocenters. The lowest BCUT2D eigenvalue weighted by Gasteiger charge is -2.20. The van der Waals surface area contributed by atoms with Crippen LogP contribution in [0.15, 0.2) is 18.2 Å². The van der Waals surface area contributed by atoms with Crippen molar-refractivity contribution in [3.8, 4) is 5.75 Å². The standard InChI is InChI=1S/C12H16N2O2S/c1-3-14(7-11(13)17)12(16)9-6-8(2)4-5-10(9)15/h4-6,15H,3,7H2,1-2H3,(H2,13,17). The Morgan fingerprint density at radius 1 is 1.53 bits per heavy atom. The van der Waals surface area contributed by atoms with E-state index in [9.17, 15) is 9.90 Å². The molecular formula is C12H16N2O2S. The molecule has 0 aliphatic carbocycles. The van der Waals surface area contributed by atoms with Gasteiger partial charge in [0.05, 0.1) is 17.1 Å². The topological polar surface area (TPSA) is 66.6 Å². The van der Waals surface area contributed by atoms with E-state index in [0.717, 1.165) is 5.56 Å². The molecule has 92 valence electrons. The Kier molecular flexibility index (Phi) is 4.45. The lowest BCUT2D eigenvalue weighted by molar-refractivity contribution is 0.0785. The smallest absolute Gasteiger partial charge is 0.257 e. The molecule has 1 rings (SSSR count). The molecule has 1 aromatic rings. The molecule has 4 nitrogen and oxygen atoms in total. The van der Waals surface area contributed by atoms with Crippen LogP contribution in [0.3, 0.4) is 0 Å². The normalized spacial score (nSPS) is 10.0. The van der Waals surface area contributed by atoms with Crippen LogP contribution >= 0.6 is 12.2 Å². The Labute approximate surface area is 106 Å². The fourth-order valence-corrected chi connectivity index (χ4v) is 1.66. The molecule has 0 saturated carbocycles. The van der Waals surface area contributed by atoms with Crippen LogP contribution in [0, 0.1) is 6.92 Å². The first-order valence-electron chi connectivity index (χ1n) is 5.33. The van der Waals surface area contributed by atoms with E-state index < -0.39 is 0 Å². The Bertz CT molecular complexity index is 446. The van der Waals surface area contributed by atoms with E-state index in [4.69, 9.17) is 18.0 Å². The summed E-state index contributed by atoms with van der Waals surface area (Å²) in [5, 5.41) is 9.67. The highest BCUT2D eigenvalue weighted by molar-refractivity contribution is 7.80. The van der Waals surface area contributed by atoms with Crippen molar-refractivity contribution in [2.24, 2.45) is 5.73 Å². The fraction of sp³-hybridized carbons (Fsp3) is 0.333. The summed E-state index contributed by atoms with van der Waals surface area (Å²) in [5.74, 6) is -0.288. The Morgan fingerprint density at radius 2 is 2.18 bits per heavy atom. The van der Waals surface area contributed by atoms with Gasteiger partial charge in [-0.3, -0.25) is 4.79 Å². The maximum absolute atomic E-state index is 12.1. The summed E-state index contributed by atoms with van der Waals surface area (Å²) in [6.45, 7) is 4.41. The maximum atomic E-state index is 12.1. The number of hydrogen-bond acceptors (Lipinski definition) is 3. The van der Waals surface area contributed by atoms with Crippen LogP contribution in [-0.2, 0) is 0 Å². The van der Waals surface area contributed by atoms with E-state index in [0.29, 0.717) is 6.54 Å². The summed E-state index contributed by atoms with van der Waals surface area (Å²) < 4.78 is 0. The quantitative estimate of drug-likeness (QED) is 0.796. The second-order valence-corrected chi connectivity index (χ2v) is 4.33. The molecule has 0 spiro atoms. The van der Waals surface area contributed by atoms with E-state index >= 15 is 0 Å². The predicted molar refractivity (Wildman–Crippen MR) is 71.2 cm³/mol. The van der Waals surface area contributed by atoms with Crippen molar-refractivity contribution < 1.29 is 9.90 Å². The summed E-state index contributed by atoms with van der Waals surface area (Å²) in [7, 11) is 0. The number of aromatic hydroxyl groups is 1. The highest BCUT2D eigenvalue weighted by Crippen LogP contribution is 2.19. The lowest BCUT2D eigenvalue weighted by atomic mass is 10.1. The molecule has 0 heterocycles. The van der Waals surface area contributed by atoms with Gasteiger partial charge in [-0.05, 0) is 26.0 Å². The van der Waals surface area contributed by atoms with Gasteiger partial charge in [0.1, 0.15) is 5.75 Å². The van der Waals surface area contributed by atoms with Crippen molar-refractivity contribution in [1.29, 1.82) is 0 Å². The fourth-order valence-electron chi connectivity index (χ4n) is 1.51. The van der Waals surface area contributed by atoms with Crippen LogP contribution in [0.5, 0.6) is 5.75 Å². The second kappa shape index (κ2) is 5.63. The number of likely N-dealkylation sites (N-methyl/N-ethyl adjacent to an activating group) is 1. The van der Waals surface area contributed by atoms with Gasteiger partial charge in [0.25, 0.3) is 5.91 Å². The van der Waals surface area contributed by atoms with Crippen molar-refractivity contribution in [3.05, 3.63) is 29.3 Å². The number of nitrogens with zero attached hydrogens (tertiary/aromatic N) is 1. The van der Waals surface area contributed by atoms with Crippen LogP contribution in [0.25, 0.3) is 0 Å². The molecule has 1 amide bonds. The number of carbonyl (C=O) groups excluding carboxylic acids is 1. The second-order valence-electron chi connectivity index (χ2n) is 3.81. The third-order valence-corrected chi connectivity index (χ3v) is 2.53. The third kappa shape index (κ3) is 3.42. The van der Waals surface area contributed by atoms with Crippen molar-refractivity contribution >= 4 is 23.1 Å². The Morgan fingerprint density at radius 3 is 2.71 bits per heavy atom. The van der Waals surface area contributed by atoms with Crippen LogP contribution in [0.2, 0.25) is 0 Å².